The first-order valence-corrected chi connectivity index (χ1v) is 6.50. The van der Waals surface area contributed by atoms with E-state index in [0.29, 0.717) is 0 Å². The number of nitrogens with zero attached hydrogens (tertiary/aromatic N) is 3. The van der Waals surface area contributed by atoms with Crippen molar-refractivity contribution in [1.82, 2.24) is 20.2 Å². The van der Waals surface area contributed by atoms with Crippen molar-refractivity contribution in [2.75, 3.05) is 0 Å². The van der Waals surface area contributed by atoms with Crippen LogP contribution in [0, 0.1) is 6.92 Å². The second kappa shape index (κ2) is 5.03. The fourth-order valence-corrected chi connectivity index (χ4v) is 2.54. The third kappa shape index (κ3) is 2.17. The van der Waals surface area contributed by atoms with Gasteiger partial charge in [-0.1, -0.05) is 12.1 Å². The number of hydrazine groups is 1. The third-order valence-electron chi connectivity index (χ3n) is 3.49. The molecule has 5 heteroatoms. The van der Waals surface area contributed by atoms with Crippen LogP contribution >= 0.6 is 0 Å². The van der Waals surface area contributed by atoms with E-state index in [2.05, 4.69) is 27.6 Å². The summed E-state index contributed by atoms with van der Waals surface area (Å²) in [5, 5.41) is 5.48. The van der Waals surface area contributed by atoms with E-state index in [1.165, 1.54) is 0 Å². The number of aryl methyl sites for hydroxylation is 2. The number of fused-ring (bicyclic) bond motifs is 1. The van der Waals surface area contributed by atoms with Crippen LogP contribution in [0.2, 0.25) is 0 Å². The second-order valence-corrected chi connectivity index (χ2v) is 4.90. The number of hydrogen-bond donors (Lipinski definition) is 2. The minimum atomic E-state index is -0.0756. The fraction of sp³-hybridized carbons (Fsp3) is 0.200. The van der Waals surface area contributed by atoms with E-state index >= 15 is 0 Å². The number of aromatic nitrogens is 3. The first-order valence-electron chi connectivity index (χ1n) is 6.50. The van der Waals surface area contributed by atoms with Crippen molar-refractivity contribution in [3.8, 4) is 0 Å². The quantitative estimate of drug-likeness (QED) is 0.561. The maximum Gasteiger partial charge on any atom is 0.0743 e. The van der Waals surface area contributed by atoms with Crippen LogP contribution in [0.5, 0.6) is 0 Å². The summed E-state index contributed by atoms with van der Waals surface area (Å²) in [6, 6.07) is 10.1. The van der Waals surface area contributed by atoms with Gasteiger partial charge in [-0.05, 0) is 30.7 Å². The van der Waals surface area contributed by atoms with E-state index in [-0.39, 0.29) is 6.04 Å². The molecule has 5 nitrogen and oxygen atoms in total. The van der Waals surface area contributed by atoms with Gasteiger partial charge >= 0.3 is 0 Å². The van der Waals surface area contributed by atoms with Crippen molar-refractivity contribution in [3.05, 3.63) is 59.5 Å². The topological polar surface area (TPSA) is 68.8 Å². The molecule has 1 unspecified atom stereocenters. The van der Waals surface area contributed by atoms with E-state index in [4.69, 9.17) is 5.84 Å². The van der Waals surface area contributed by atoms with Gasteiger partial charge in [-0.15, -0.1) is 0 Å². The van der Waals surface area contributed by atoms with Gasteiger partial charge in [0.15, 0.2) is 0 Å². The van der Waals surface area contributed by atoms with Gasteiger partial charge in [0.05, 0.1) is 17.3 Å². The van der Waals surface area contributed by atoms with E-state index < -0.39 is 0 Å². The molecule has 3 N–H and O–H groups in total. The molecule has 0 saturated carbocycles. The fourth-order valence-electron chi connectivity index (χ4n) is 2.54. The third-order valence-corrected chi connectivity index (χ3v) is 3.49. The number of nitrogens with one attached hydrogen (secondary N) is 1. The number of nitrogens with two attached hydrogens (primary N) is 1. The molecule has 2 aromatic heterocycles. The zero-order valence-electron chi connectivity index (χ0n) is 11.5. The van der Waals surface area contributed by atoms with Crippen LogP contribution in [0.3, 0.4) is 0 Å². The standard InChI is InChI=1S/C15H17N5/c1-10-13(9-20(2)19-10)15(18-16)12-5-6-14-11(8-12)4-3-7-17-14/h3-9,15,18H,16H2,1-2H3. The van der Waals surface area contributed by atoms with Gasteiger partial charge in [0.25, 0.3) is 0 Å². The zero-order valence-corrected chi connectivity index (χ0v) is 11.5. The van der Waals surface area contributed by atoms with Crippen LogP contribution in [-0.2, 0) is 7.05 Å². The average Bonchev–Trinajstić information content (AvgIpc) is 2.78. The smallest absolute Gasteiger partial charge is 0.0743 e. The Balaban J connectivity index is 2.09. The molecule has 0 aliphatic heterocycles. The Bertz CT molecular complexity index is 747. The molecule has 2 heterocycles. The van der Waals surface area contributed by atoms with Gasteiger partial charge in [-0.2, -0.15) is 5.10 Å². The predicted octanol–water partition coefficient (Wildman–Crippen LogP) is 1.83. The lowest BCUT2D eigenvalue weighted by Crippen LogP contribution is -2.29. The SMILES string of the molecule is Cc1nn(C)cc1C(NN)c1ccc2ncccc2c1. The lowest BCUT2D eigenvalue weighted by Gasteiger charge is -2.16. The summed E-state index contributed by atoms with van der Waals surface area (Å²) < 4.78 is 1.80. The highest BCUT2D eigenvalue weighted by Crippen LogP contribution is 2.25. The molecule has 20 heavy (non-hydrogen) atoms. The van der Waals surface area contributed by atoms with Crippen LogP contribution in [0.1, 0.15) is 22.9 Å². The largest absolute Gasteiger partial charge is 0.275 e. The molecule has 1 aromatic carbocycles. The molecule has 0 aliphatic rings. The van der Waals surface area contributed by atoms with Crippen LogP contribution in [0.15, 0.2) is 42.7 Å². The molecule has 0 spiro atoms. The highest BCUT2D eigenvalue weighted by molar-refractivity contribution is 5.79. The normalized spacial score (nSPS) is 12.8. The van der Waals surface area contributed by atoms with Crippen LogP contribution < -0.4 is 11.3 Å². The number of pyridine rings is 1. The first-order chi connectivity index (χ1) is 9.69. The van der Waals surface area contributed by atoms with Gasteiger partial charge in [0, 0.05) is 30.4 Å². The van der Waals surface area contributed by atoms with Crippen molar-refractivity contribution in [2.45, 2.75) is 13.0 Å². The van der Waals surface area contributed by atoms with E-state index in [1.54, 1.807) is 10.9 Å². The van der Waals surface area contributed by atoms with Crippen molar-refractivity contribution >= 4 is 10.9 Å². The van der Waals surface area contributed by atoms with E-state index in [1.807, 2.05) is 38.4 Å². The minimum absolute atomic E-state index is 0.0756. The van der Waals surface area contributed by atoms with Crippen LogP contribution in [-0.4, -0.2) is 14.8 Å². The Morgan fingerprint density at radius 3 is 2.85 bits per heavy atom. The van der Waals surface area contributed by atoms with Crippen molar-refractivity contribution in [1.29, 1.82) is 0 Å². The van der Waals surface area contributed by atoms with Gasteiger partial charge in [0.2, 0.25) is 0 Å². The number of benzene rings is 1. The monoisotopic (exact) mass is 267 g/mol. The Hall–Kier alpha value is -2.24. The maximum absolute atomic E-state index is 5.76. The van der Waals surface area contributed by atoms with Gasteiger partial charge in [-0.3, -0.25) is 15.5 Å². The molecule has 3 aromatic rings. The summed E-state index contributed by atoms with van der Waals surface area (Å²) in [5.41, 5.74) is 7.02. The number of hydrogen-bond acceptors (Lipinski definition) is 4. The minimum Gasteiger partial charge on any atom is -0.275 e. The summed E-state index contributed by atoms with van der Waals surface area (Å²) in [6.07, 6.45) is 3.79. The number of rotatable bonds is 3. The van der Waals surface area contributed by atoms with Gasteiger partial charge in [0.1, 0.15) is 0 Å². The molecule has 102 valence electrons. The summed E-state index contributed by atoms with van der Waals surface area (Å²) in [4.78, 5) is 4.33. The van der Waals surface area contributed by atoms with Gasteiger partial charge < -0.3 is 0 Å². The van der Waals surface area contributed by atoms with Crippen LogP contribution in [0.25, 0.3) is 10.9 Å². The predicted molar refractivity (Wildman–Crippen MR) is 78.9 cm³/mol. The first kappa shape index (κ1) is 12.8. The Morgan fingerprint density at radius 1 is 1.30 bits per heavy atom. The van der Waals surface area contributed by atoms with Crippen molar-refractivity contribution in [3.63, 3.8) is 0 Å². The highest BCUT2D eigenvalue weighted by Gasteiger charge is 2.17. The molecule has 0 bridgehead atoms. The molecule has 3 rings (SSSR count). The lowest BCUT2D eigenvalue weighted by molar-refractivity contribution is 0.634. The van der Waals surface area contributed by atoms with E-state index in [9.17, 15) is 0 Å². The summed E-state index contributed by atoms with van der Waals surface area (Å²) >= 11 is 0. The molecule has 0 fully saturated rings. The Labute approximate surface area is 117 Å². The van der Waals surface area contributed by atoms with Gasteiger partial charge in [-0.25, -0.2) is 5.43 Å². The molecular weight excluding hydrogens is 250 g/mol. The molecule has 1 atom stereocenters. The second-order valence-electron chi connectivity index (χ2n) is 4.90. The molecule has 0 aliphatic carbocycles. The lowest BCUT2D eigenvalue weighted by atomic mass is 9.98. The molecule has 0 saturated heterocycles. The Morgan fingerprint density at radius 2 is 2.15 bits per heavy atom. The zero-order chi connectivity index (χ0) is 14.1. The summed E-state index contributed by atoms with van der Waals surface area (Å²) in [6.45, 7) is 1.99. The van der Waals surface area contributed by atoms with Crippen molar-refractivity contribution < 1.29 is 0 Å². The summed E-state index contributed by atoms with van der Waals surface area (Å²) in [7, 11) is 1.91. The Kier molecular flexibility index (Phi) is 3.22. The van der Waals surface area contributed by atoms with E-state index in [0.717, 1.165) is 27.7 Å². The molecule has 0 radical (unpaired) electrons. The maximum atomic E-state index is 5.76. The highest BCUT2D eigenvalue weighted by atomic mass is 15.3. The van der Waals surface area contributed by atoms with Crippen LogP contribution in [0.4, 0.5) is 0 Å². The van der Waals surface area contributed by atoms with Crippen molar-refractivity contribution in [2.24, 2.45) is 12.9 Å². The molecule has 0 amide bonds. The summed E-state index contributed by atoms with van der Waals surface area (Å²) in [5.74, 6) is 5.76. The molecular formula is C15H17N5. The average molecular weight is 267 g/mol.